The molecule has 0 aliphatic carbocycles. The number of aromatic nitrogens is 1. The minimum atomic E-state index is -0.543. The van der Waals surface area contributed by atoms with E-state index in [1.807, 2.05) is 0 Å². The van der Waals surface area contributed by atoms with Crippen LogP contribution in [0.15, 0.2) is 47.0 Å². The van der Waals surface area contributed by atoms with E-state index in [2.05, 4.69) is 10.5 Å². The highest BCUT2D eigenvalue weighted by atomic mass is 35.5. The molecule has 0 unspecified atom stereocenters. The van der Waals surface area contributed by atoms with Crippen LogP contribution in [-0.4, -0.2) is 30.4 Å². The number of nitrogens with zero attached hydrogens (tertiary/aromatic N) is 1. The van der Waals surface area contributed by atoms with Crippen molar-refractivity contribution in [1.82, 2.24) is 5.16 Å². The second kappa shape index (κ2) is 7.37. The van der Waals surface area contributed by atoms with Gasteiger partial charge in [0.1, 0.15) is 5.75 Å². The van der Waals surface area contributed by atoms with Gasteiger partial charge in [-0.2, -0.15) is 0 Å². The fourth-order valence-corrected chi connectivity index (χ4v) is 2.47. The van der Waals surface area contributed by atoms with Crippen LogP contribution in [0.5, 0.6) is 17.2 Å². The van der Waals surface area contributed by atoms with Gasteiger partial charge in [-0.3, -0.25) is 4.79 Å². The van der Waals surface area contributed by atoms with Crippen molar-refractivity contribution >= 4 is 23.2 Å². The number of hydrogen-bond acceptors (Lipinski definition) is 6. The Kier molecular flexibility index (Phi) is 4.99. The normalized spacial score (nSPS) is 10.4. The summed E-state index contributed by atoms with van der Waals surface area (Å²) in [7, 11) is 3.07. The molecule has 1 heterocycles. The zero-order valence-corrected chi connectivity index (χ0v) is 14.7. The van der Waals surface area contributed by atoms with E-state index >= 15 is 0 Å². The fraction of sp³-hybridized carbons (Fsp3) is 0.111. The van der Waals surface area contributed by atoms with Gasteiger partial charge in [-0.1, -0.05) is 16.8 Å². The number of phenolic OH excluding ortho intramolecular Hbond substituents is 1. The first-order valence-electron chi connectivity index (χ1n) is 7.51. The van der Waals surface area contributed by atoms with Gasteiger partial charge in [0.25, 0.3) is 5.91 Å². The van der Waals surface area contributed by atoms with Gasteiger partial charge < -0.3 is 24.4 Å². The highest BCUT2D eigenvalue weighted by Crippen LogP contribution is 2.33. The zero-order chi connectivity index (χ0) is 18.7. The lowest BCUT2D eigenvalue weighted by Gasteiger charge is -2.07. The molecule has 2 N–H and O–H groups in total. The average Bonchev–Trinajstić information content (AvgIpc) is 3.14. The van der Waals surface area contributed by atoms with Crippen LogP contribution in [0, 0.1) is 0 Å². The first-order valence-corrected chi connectivity index (χ1v) is 7.88. The van der Waals surface area contributed by atoms with Crippen molar-refractivity contribution in [1.29, 1.82) is 0 Å². The predicted molar refractivity (Wildman–Crippen MR) is 96.1 cm³/mol. The zero-order valence-electron chi connectivity index (χ0n) is 13.9. The van der Waals surface area contributed by atoms with E-state index in [1.54, 1.807) is 25.3 Å². The number of phenols is 1. The number of halogens is 1. The third-order valence-corrected chi connectivity index (χ3v) is 3.85. The summed E-state index contributed by atoms with van der Waals surface area (Å²) in [6.07, 6.45) is 0. The van der Waals surface area contributed by atoms with Gasteiger partial charge in [0.2, 0.25) is 0 Å². The molecule has 1 aromatic heterocycles. The Morgan fingerprint density at radius 2 is 1.88 bits per heavy atom. The molecule has 8 heteroatoms. The number of aromatic hydroxyl groups is 1. The standard InChI is InChI=1S/C18H15ClN2O5/c1-24-15-6-3-10(7-17(15)25-2)16-9-13(21-26-16)18(23)20-12-8-11(19)4-5-14(12)22/h3-9,22H,1-2H3,(H,20,23). The van der Waals surface area contributed by atoms with E-state index in [1.165, 1.54) is 31.4 Å². The van der Waals surface area contributed by atoms with Crippen molar-refractivity contribution < 1.29 is 23.9 Å². The highest BCUT2D eigenvalue weighted by molar-refractivity contribution is 6.31. The number of hydrogen-bond donors (Lipinski definition) is 2. The number of anilines is 1. The van der Waals surface area contributed by atoms with E-state index in [0.29, 0.717) is 27.8 Å². The van der Waals surface area contributed by atoms with Crippen LogP contribution in [0.3, 0.4) is 0 Å². The lowest BCUT2D eigenvalue weighted by molar-refractivity contribution is 0.101. The summed E-state index contributed by atoms with van der Waals surface area (Å²) in [5, 5.41) is 16.5. The number of amides is 1. The van der Waals surface area contributed by atoms with Crippen molar-refractivity contribution in [3.05, 3.63) is 53.2 Å². The maximum absolute atomic E-state index is 12.3. The molecule has 3 aromatic rings. The van der Waals surface area contributed by atoms with E-state index < -0.39 is 5.91 Å². The first kappa shape index (κ1) is 17.6. The smallest absolute Gasteiger partial charge is 0.277 e. The minimum Gasteiger partial charge on any atom is -0.506 e. The van der Waals surface area contributed by atoms with Crippen LogP contribution >= 0.6 is 11.6 Å². The molecule has 1 amide bonds. The third-order valence-electron chi connectivity index (χ3n) is 3.62. The summed E-state index contributed by atoms with van der Waals surface area (Å²) in [5.74, 6) is 0.831. The highest BCUT2D eigenvalue weighted by Gasteiger charge is 2.16. The SMILES string of the molecule is COc1ccc(-c2cc(C(=O)Nc3cc(Cl)ccc3O)no2)cc1OC. The van der Waals surface area contributed by atoms with Gasteiger partial charge in [0, 0.05) is 16.7 Å². The Bertz CT molecular complexity index is 955. The molecule has 0 atom stereocenters. The molecule has 0 radical (unpaired) electrons. The summed E-state index contributed by atoms with van der Waals surface area (Å²) in [6.45, 7) is 0. The molecule has 26 heavy (non-hydrogen) atoms. The maximum Gasteiger partial charge on any atom is 0.277 e. The topological polar surface area (TPSA) is 93.8 Å². The van der Waals surface area contributed by atoms with Gasteiger partial charge in [-0.25, -0.2) is 0 Å². The largest absolute Gasteiger partial charge is 0.506 e. The average molecular weight is 375 g/mol. The maximum atomic E-state index is 12.3. The Labute approximate surface area is 154 Å². The van der Waals surface area contributed by atoms with Gasteiger partial charge in [0.05, 0.1) is 19.9 Å². The summed E-state index contributed by atoms with van der Waals surface area (Å²) in [6, 6.07) is 11.0. The van der Waals surface area contributed by atoms with Crippen LogP contribution in [0.1, 0.15) is 10.5 Å². The number of carbonyl (C=O) groups excluding carboxylic acids is 1. The third kappa shape index (κ3) is 3.57. The number of carbonyl (C=O) groups is 1. The molecule has 7 nitrogen and oxygen atoms in total. The first-order chi connectivity index (χ1) is 12.5. The Hall–Kier alpha value is -3.19. The van der Waals surface area contributed by atoms with Gasteiger partial charge in [0.15, 0.2) is 23.0 Å². The second-order valence-corrected chi connectivity index (χ2v) is 5.70. The monoisotopic (exact) mass is 374 g/mol. The summed E-state index contributed by atoms with van der Waals surface area (Å²) < 4.78 is 15.7. The molecule has 0 fully saturated rings. The Balaban J connectivity index is 1.83. The molecule has 0 bridgehead atoms. The molecule has 0 aliphatic heterocycles. The van der Waals surface area contributed by atoms with Crippen LogP contribution in [0.4, 0.5) is 5.69 Å². The van der Waals surface area contributed by atoms with Crippen molar-refractivity contribution in [2.75, 3.05) is 19.5 Å². The molecule has 0 aliphatic rings. The van der Waals surface area contributed by atoms with Crippen LogP contribution in [-0.2, 0) is 0 Å². The number of rotatable bonds is 5. The summed E-state index contributed by atoms with van der Waals surface area (Å²) in [4.78, 5) is 12.3. The van der Waals surface area contributed by atoms with Crippen molar-refractivity contribution in [3.8, 4) is 28.6 Å². The van der Waals surface area contributed by atoms with Crippen molar-refractivity contribution in [2.45, 2.75) is 0 Å². The lowest BCUT2D eigenvalue weighted by Crippen LogP contribution is -2.12. The Morgan fingerprint density at radius 3 is 2.62 bits per heavy atom. The van der Waals surface area contributed by atoms with Crippen LogP contribution < -0.4 is 14.8 Å². The molecular weight excluding hydrogens is 360 g/mol. The second-order valence-electron chi connectivity index (χ2n) is 5.26. The Morgan fingerprint density at radius 1 is 1.12 bits per heavy atom. The van der Waals surface area contributed by atoms with E-state index in [4.69, 9.17) is 25.6 Å². The fourth-order valence-electron chi connectivity index (χ4n) is 2.30. The predicted octanol–water partition coefficient (Wildman–Crippen LogP) is 3.97. The molecule has 0 saturated carbocycles. The van der Waals surface area contributed by atoms with Gasteiger partial charge in [-0.15, -0.1) is 0 Å². The molecule has 0 spiro atoms. The summed E-state index contributed by atoms with van der Waals surface area (Å²) >= 11 is 5.87. The van der Waals surface area contributed by atoms with E-state index in [0.717, 1.165) is 0 Å². The molecule has 2 aromatic carbocycles. The quantitative estimate of drug-likeness (QED) is 0.656. The summed E-state index contributed by atoms with van der Waals surface area (Å²) in [5.41, 5.74) is 0.895. The lowest BCUT2D eigenvalue weighted by atomic mass is 10.1. The number of ether oxygens (including phenoxy) is 2. The minimum absolute atomic E-state index is 0.0501. The molecule has 3 rings (SSSR count). The van der Waals surface area contributed by atoms with E-state index in [-0.39, 0.29) is 17.1 Å². The van der Waals surface area contributed by atoms with E-state index in [9.17, 15) is 9.90 Å². The van der Waals surface area contributed by atoms with Gasteiger partial charge in [-0.05, 0) is 36.4 Å². The number of methoxy groups -OCH3 is 2. The number of nitrogens with one attached hydrogen (secondary N) is 1. The molecular formula is C18H15ClN2O5. The van der Waals surface area contributed by atoms with Crippen molar-refractivity contribution in [3.63, 3.8) is 0 Å². The van der Waals surface area contributed by atoms with Crippen LogP contribution in [0.2, 0.25) is 5.02 Å². The molecule has 0 saturated heterocycles. The van der Waals surface area contributed by atoms with Crippen molar-refractivity contribution in [2.24, 2.45) is 0 Å². The number of benzene rings is 2. The van der Waals surface area contributed by atoms with Crippen LogP contribution in [0.25, 0.3) is 11.3 Å². The van der Waals surface area contributed by atoms with Gasteiger partial charge >= 0.3 is 0 Å². The molecule has 134 valence electrons.